The molecule has 4 nitrogen and oxygen atoms in total. The molecule has 3 rings (SSSR count). The monoisotopic (exact) mass is 283 g/mol. The van der Waals surface area contributed by atoms with Crippen LogP contribution in [-0.4, -0.2) is 10.1 Å². The number of benzene rings is 2. The first-order valence-electron chi connectivity index (χ1n) is 6.60. The van der Waals surface area contributed by atoms with E-state index >= 15 is 0 Å². The maximum absolute atomic E-state index is 13.6. The summed E-state index contributed by atoms with van der Waals surface area (Å²) in [5, 5.41) is 6.81. The number of halogens is 1. The SMILES string of the molecule is Cc1ccc(CNc2nc(-c3ccccc3F)no2)cc1. The lowest BCUT2D eigenvalue weighted by atomic mass is 10.1. The van der Waals surface area contributed by atoms with Gasteiger partial charge in [-0.1, -0.05) is 47.1 Å². The van der Waals surface area contributed by atoms with E-state index < -0.39 is 0 Å². The average Bonchev–Trinajstić information content (AvgIpc) is 2.96. The number of aromatic nitrogens is 2. The molecule has 0 saturated carbocycles. The Morgan fingerprint density at radius 1 is 1.10 bits per heavy atom. The lowest BCUT2D eigenvalue weighted by molar-refractivity contribution is 0.431. The van der Waals surface area contributed by atoms with Crippen LogP contribution in [0.5, 0.6) is 0 Å². The van der Waals surface area contributed by atoms with Gasteiger partial charge in [0.15, 0.2) is 0 Å². The van der Waals surface area contributed by atoms with Gasteiger partial charge in [0, 0.05) is 6.54 Å². The van der Waals surface area contributed by atoms with E-state index in [0.29, 0.717) is 12.1 Å². The van der Waals surface area contributed by atoms with Crippen molar-refractivity contribution >= 4 is 6.01 Å². The first-order chi connectivity index (χ1) is 10.2. The number of nitrogens with one attached hydrogen (secondary N) is 1. The first kappa shape index (κ1) is 13.3. The van der Waals surface area contributed by atoms with E-state index in [1.807, 2.05) is 31.2 Å². The van der Waals surface area contributed by atoms with Gasteiger partial charge in [-0.15, -0.1) is 0 Å². The van der Waals surface area contributed by atoms with Crippen molar-refractivity contribution in [1.29, 1.82) is 0 Å². The molecule has 0 bridgehead atoms. The number of aryl methyl sites for hydroxylation is 1. The van der Waals surface area contributed by atoms with Crippen LogP contribution >= 0.6 is 0 Å². The van der Waals surface area contributed by atoms with E-state index in [-0.39, 0.29) is 17.7 Å². The van der Waals surface area contributed by atoms with Crippen LogP contribution in [0, 0.1) is 12.7 Å². The van der Waals surface area contributed by atoms with Crippen molar-refractivity contribution in [1.82, 2.24) is 10.1 Å². The second-order valence-corrected chi connectivity index (χ2v) is 4.74. The molecular weight excluding hydrogens is 269 g/mol. The van der Waals surface area contributed by atoms with Crippen LogP contribution in [0.2, 0.25) is 0 Å². The Bertz CT molecular complexity index is 737. The van der Waals surface area contributed by atoms with E-state index in [9.17, 15) is 4.39 Å². The average molecular weight is 283 g/mol. The molecule has 0 aliphatic rings. The maximum atomic E-state index is 13.6. The number of anilines is 1. The molecule has 1 aromatic heterocycles. The molecule has 106 valence electrons. The van der Waals surface area contributed by atoms with E-state index in [0.717, 1.165) is 5.56 Å². The highest BCUT2D eigenvalue weighted by Crippen LogP contribution is 2.20. The molecule has 21 heavy (non-hydrogen) atoms. The van der Waals surface area contributed by atoms with Crippen LogP contribution in [-0.2, 0) is 6.54 Å². The van der Waals surface area contributed by atoms with Gasteiger partial charge in [0.25, 0.3) is 0 Å². The summed E-state index contributed by atoms with van der Waals surface area (Å²) in [6, 6.07) is 14.7. The third-order valence-electron chi connectivity index (χ3n) is 3.11. The molecule has 0 saturated heterocycles. The number of nitrogens with zero attached hydrogens (tertiary/aromatic N) is 2. The summed E-state index contributed by atoms with van der Waals surface area (Å²) >= 11 is 0. The Kier molecular flexibility index (Phi) is 3.64. The molecule has 0 radical (unpaired) electrons. The zero-order valence-corrected chi connectivity index (χ0v) is 11.5. The van der Waals surface area contributed by atoms with Gasteiger partial charge in [0.1, 0.15) is 5.82 Å². The van der Waals surface area contributed by atoms with Gasteiger partial charge in [-0.25, -0.2) is 4.39 Å². The normalized spacial score (nSPS) is 10.6. The van der Waals surface area contributed by atoms with Gasteiger partial charge < -0.3 is 9.84 Å². The molecule has 0 aliphatic heterocycles. The molecule has 0 atom stereocenters. The fourth-order valence-corrected chi connectivity index (χ4v) is 1.93. The summed E-state index contributed by atoms with van der Waals surface area (Å²) in [5.41, 5.74) is 2.63. The van der Waals surface area contributed by atoms with Crippen molar-refractivity contribution in [2.75, 3.05) is 5.32 Å². The topological polar surface area (TPSA) is 51.0 Å². The highest BCUT2D eigenvalue weighted by atomic mass is 19.1. The molecule has 0 amide bonds. The van der Waals surface area contributed by atoms with Gasteiger partial charge in [-0.2, -0.15) is 4.98 Å². The van der Waals surface area contributed by atoms with Crippen molar-refractivity contribution in [3.05, 3.63) is 65.5 Å². The van der Waals surface area contributed by atoms with Gasteiger partial charge in [0.05, 0.1) is 5.56 Å². The summed E-state index contributed by atoms with van der Waals surface area (Å²) in [4.78, 5) is 4.15. The van der Waals surface area contributed by atoms with Gasteiger partial charge >= 0.3 is 6.01 Å². The van der Waals surface area contributed by atoms with E-state index in [4.69, 9.17) is 4.52 Å². The lowest BCUT2D eigenvalue weighted by Gasteiger charge is -2.01. The Balaban J connectivity index is 1.71. The summed E-state index contributed by atoms with van der Waals surface area (Å²) in [7, 11) is 0. The van der Waals surface area contributed by atoms with Crippen LogP contribution in [0.25, 0.3) is 11.4 Å². The first-order valence-corrected chi connectivity index (χ1v) is 6.60. The zero-order valence-electron chi connectivity index (χ0n) is 11.5. The summed E-state index contributed by atoms with van der Waals surface area (Å²) in [6.45, 7) is 2.61. The fraction of sp³-hybridized carbons (Fsp3) is 0.125. The van der Waals surface area contributed by atoms with E-state index in [2.05, 4.69) is 15.5 Å². The van der Waals surface area contributed by atoms with Crippen molar-refractivity contribution in [2.45, 2.75) is 13.5 Å². The molecule has 1 heterocycles. The Hall–Kier alpha value is -2.69. The lowest BCUT2D eigenvalue weighted by Crippen LogP contribution is -1.99. The van der Waals surface area contributed by atoms with Crippen LogP contribution < -0.4 is 5.32 Å². The van der Waals surface area contributed by atoms with Crippen LogP contribution in [0.1, 0.15) is 11.1 Å². The van der Waals surface area contributed by atoms with E-state index in [1.165, 1.54) is 11.6 Å². The number of hydrogen-bond donors (Lipinski definition) is 1. The minimum atomic E-state index is -0.372. The molecule has 5 heteroatoms. The third kappa shape index (κ3) is 3.08. The van der Waals surface area contributed by atoms with Crippen molar-refractivity contribution < 1.29 is 8.91 Å². The molecule has 0 aliphatic carbocycles. The van der Waals surface area contributed by atoms with Crippen LogP contribution in [0.3, 0.4) is 0 Å². The predicted molar refractivity (Wildman–Crippen MR) is 78.2 cm³/mol. The minimum absolute atomic E-state index is 0.236. The van der Waals surface area contributed by atoms with Gasteiger partial charge in [-0.05, 0) is 24.6 Å². The quantitative estimate of drug-likeness (QED) is 0.791. The molecule has 3 aromatic rings. The zero-order chi connectivity index (χ0) is 14.7. The summed E-state index contributed by atoms with van der Waals surface area (Å²) in [5.74, 6) is -0.136. The van der Waals surface area contributed by atoms with Crippen molar-refractivity contribution in [3.63, 3.8) is 0 Å². The molecule has 0 fully saturated rings. The van der Waals surface area contributed by atoms with Gasteiger partial charge in [-0.3, -0.25) is 0 Å². The van der Waals surface area contributed by atoms with Gasteiger partial charge in [0.2, 0.25) is 5.82 Å². The fourth-order valence-electron chi connectivity index (χ4n) is 1.93. The Labute approximate surface area is 121 Å². The number of rotatable bonds is 4. The Morgan fingerprint density at radius 2 is 1.86 bits per heavy atom. The third-order valence-corrected chi connectivity index (χ3v) is 3.11. The van der Waals surface area contributed by atoms with Crippen molar-refractivity contribution in [3.8, 4) is 11.4 Å². The molecule has 2 aromatic carbocycles. The largest absolute Gasteiger partial charge is 0.334 e. The number of hydrogen-bond acceptors (Lipinski definition) is 4. The molecule has 1 N–H and O–H groups in total. The van der Waals surface area contributed by atoms with E-state index in [1.54, 1.807) is 18.2 Å². The maximum Gasteiger partial charge on any atom is 0.322 e. The highest BCUT2D eigenvalue weighted by molar-refractivity contribution is 5.56. The summed E-state index contributed by atoms with van der Waals surface area (Å²) in [6.07, 6.45) is 0. The smallest absolute Gasteiger partial charge is 0.322 e. The molecule has 0 unspecified atom stereocenters. The predicted octanol–water partition coefficient (Wildman–Crippen LogP) is 3.80. The van der Waals surface area contributed by atoms with Crippen molar-refractivity contribution in [2.24, 2.45) is 0 Å². The molecular formula is C16H14FN3O. The van der Waals surface area contributed by atoms with Crippen LogP contribution in [0.15, 0.2) is 53.1 Å². The summed E-state index contributed by atoms with van der Waals surface area (Å²) < 4.78 is 18.7. The second-order valence-electron chi connectivity index (χ2n) is 4.74. The standard InChI is InChI=1S/C16H14FN3O/c1-11-6-8-12(9-7-11)10-18-16-19-15(20-21-16)13-4-2-3-5-14(13)17/h2-9H,10H2,1H3,(H,18,19,20). The minimum Gasteiger partial charge on any atom is -0.334 e. The highest BCUT2D eigenvalue weighted by Gasteiger charge is 2.11. The Morgan fingerprint density at radius 3 is 2.62 bits per heavy atom. The van der Waals surface area contributed by atoms with Crippen LogP contribution in [0.4, 0.5) is 10.4 Å². The second kappa shape index (κ2) is 5.75. The molecule has 0 spiro atoms.